The lowest BCUT2D eigenvalue weighted by molar-refractivity contribution is -0.132. The van der Waals surface area contributed by atoms with Crippen LogP contribution in [0.2, 0.25) is 0 Å². The zero-order valence-electron chi connectivity index (χ0n) is 10.00. The van der Waals surface area contributed by atoms with Crippen molar-refractivity contribution in [2.24, 2.45) is 11.1 Å². The van der Waals surface area contributed by atoms with Gasteiger partial charge in [0.05, 0.1) is 6.10 Å². The Balaban J connectivity index is 1.72. The average Bonchev–Trinajstić information content (AvgIpc) is 2.94. The van der Waals surface area contributed by atoms with Crippen LogP contribution in [-0.2, 0) is 9.53 Å². The Bertz CT molecular complexity index is 264. The highest BCUT2D eigenvalue weighted by Gasteiger charge is 2.41. The molecular weight excluding hydrogens is 204 g/mol. The number of hydrogen-bond acceptors (Lipinski definition) is 3. The summed E-state index contributed by atoms with van der Waals surface area (Å²) in [5.41, 5.74) is 5.92. The first kappa shape index (κ1) is 11.9. The molecule has 1 saturated heterocycles. The van der Waals surface area contributed by atoms with Crippen LogP contribution in [0.4, 0.5) is 0 Å². The zero-order valence-corrected chi connectivity index (χ0v) is 10.00. The first-order chi connectivity index (χ1) is 7.69. The minimum absolute atomic E-state index is 0.0516. The van der Waals surface area contributed by atoms with Crippen molar-refractivity contribution in [3.05, 3.63) is 0 Å². The van der Waals surface area contributed by atoms with Crippen LogP contribution in [0, 0.1) is 5.41 Å². The molecule has 92 valence electrons. The molecule has 2 rings (SSSR count). The summed E-state index contributed by atoms with van der Waals surface area (Å²) in [5.74, 6) is 0.0516. The van der Waals surface area contributed by atoms with E-state index in [1.54, 1.807) is 0 Å². The number of nitrogens with two attached hydrogens (primary N) is 1. The van der Waals surface area contributed by atoms with Crippen molar-refractivity contribution in [1.29, 1.82) is 0 Å². The third-order valence-corrected chi connectivity index (χ3v) is 4.01. The Labute approximate surface area is 96.9 Å². The van der Waals surface area contributed by atoms with Gasteiger partial charge in [0, 0.05) is 13.1 Å². The predicted octanol–water partition coefficient (Wildman–Crippen LogP) is 0.799. The summed E-state index contributed by atoms with van der Waals surface area (Å²) in [4.78, 5) is 11.8. The minimum Gasteiger partial charge on any atom is -0.364 e. The van der Waals surface area contributed by atoms with E-state index in [4.69, 9.17) is 10.5 Å². The van der Waals surface area contributed by atoms with Crippen LogP contribution in [0.3, 0.4) is 0 Å². The molecule has 1 saturated carbocycles. The van der Waals surface area contributed by atoms with E-state index < -0.39 is 0 Å². The van der Waals surface area contributed by atoms with Gasteiger partial charge in [-0.2, -0.15) is 0 Å². The molecule has 4 nitrogen and oxygen atoms in total. The molecule has 0 bridgehead atoms. The van der Waals surface area contributed by atoms with Gasteiger partial charge in [-0.3, -0.25) is 4.79 Å². The van der Waals surface area contributed by atoms with Gasteiger partial charge in [-0.05, 0) is 37.5 Å². The Hall–Kier alpha value is -0.610. The molecule has 2 aliphatic rings. The van der Waals surface area contributed by atoms with Crippen LogP contribution >= 0.6 is 0 Å². The molecule has 16 heavy (non-hydrogen) atoms. The molecule has 0 aromatic carbocycles. The zero-order chi connectivity index (χ0) is 11.6. The van der Waals surface area contributed by atoms with E-state index in [-0.39, 0.29) is 18.1 Å². The van der Waals surface area contributed by atoms with Gasteiger partial charge < -0.3 is 15.8 Å². The first-order valence-electron chi connectivity index (χ1n) is 6.32. The fraction of sp³-hybridized carbons (Fsp3) is 0.917. The fourth-order valence-electron chi connectivity index (χ4n) is 2.29. The second kappa shape index (κ2) is 4.72. The van der Waals surface area contributed by atoms with Gasteiger partial charge >= 0.3 is 0 Å². The second-order valence-electron chi connectivity index (χ2n) is 5.13. The topological polar surface area (TPSA) is 64.4 Å². The Morgan fingerprint density at radius 3 is 2.75 bits per heavy atom. The summed E-state index contributed by atoms with van der Waals surface area (Å²) < 4.78 is 5.55. The van der Waals surface area contributed by atoms with Gasteiger partial charge in [0.1, 0.15) is 6.10 Å². The lowest BCUT2D eigenvalue weighted by Crippen LogP contribution is -2.38. The lowest BCUT2D eigenvalue weighted by Gasteiger charge is -2.16. The third-order valence-electron chi connectivity index (χ3n) is 4.01. The molecule has 0 spiro atoms. The number of carbonyl (C=O) groups excluding carboxylic acids is 1. The largest absolute Gasteiger partial charge is 0.364 e. The molecule has 2 atom stereocenters. The van der Waals surface area contributed by atoms with Crippen LogP contribution in [0.5, 0.6) is 0 Å². The quantitative estimate of drug-likeness (QED) is 0.728. The van der Waals surface area contributed by atoms with Crippen molar-refractivity contribution in [3.8, 4) is 0 Å². The molecule has 1 heterocycles. The smallest absolute Gasteiger partial charge is 0.249 e. The van der Waals surface area contributed by atoms with Crippen LogP contribution in [-0.4, -0.2) is 31.2 Å². The van der Waals surface area contributed by atoms with Crippen LogP contribution in [0.25, 0.3) is 0 Å². The van der Waals surface area contributed by atoms with Crippen molar-refractivity contribution in [3.63, 3.8) is 0 Å². The summed E-state index contributed by atoms with van der Waals surface area (Å²) in [5, 5.41) is 3.02. The molecule has 1 aliphatic heterocycles. The average molecular weight is 226 g/mol. The minimum atomic E-state index is -0.263. The Morgan fingerprint density at radius 2 is 2.25 bits per heavy atom. The Kier molecular flexibility index (Phi) is 3.50. The van der Waals surface area contributed by atoms with Crippen molar-refractivity contribution >= 4 is 5.91 Å². The summed E-state index contributed by atoms with van der Waals surface area (Å²) >= 11 is 0. The van der Waals surface area contributed by atoms with Crippen molar-refractivity contribution in [1.82, 2.24) is 5.32 Å². The number of rotatable bonds is 5. The fourth-order valence-corrected chi connectivity index (χ4v) is 2.29. The van der Waals surface area contributed by atoms with Crippen LogP contribution in [0.15, 0.2) is 0 Å². The highest BCUT2D eigenvalue weighted by molar-refractivity contribution is 5.81. The SMILES string of the molecule is CCC1(CNC(=O)C2CCC(CN)O2)CC1. The maximum absolute atomic E-state index is 11.8. The van der Waals surface area contributed by atoms with Gasteiger partial charge in [-0.25, -0.2) is 0 Å². The molecule has 4 heteroatoms. The summed E-state index contributed by atoms with van der Waals surface area (Å²) in [6.45, 7) is 3.52. The van der Waals surface area contributed by atoms with Gasteiger partial charge in [0.2, 0.25) is 5.91 Å². The Morgan fingerprint density at radius 1 is 1.50 bits per heavy atom. The van der Waals surface area contributed by atoms with Gasteiger partial charge in [0.25, 0.3) is 0 Å². The maximum Gasteiger partial charge on any atom is 0.249 e. The number of hydrogen-bond donors (Lipinski definition) is 2. The van der Waals surface area contributed by atoms with Crippen molar-refractivity contribution in [2.45, 2.75) is 51.2 Å². The summed E-state index contributed by atoms with van der Waals surface area (Å²) in [7, 11) is 0. The van der Waals surface area contributed by atoms with E-state index in [1.165, 1.54) is 12.8 Å². The van der Waals surface area contributed by atoms with E-state index in [0.717, 1.165) is 25.8 Å². The van der Waals surface area contributed by atoms with E-state index in [0.29, 0.717) is 12.0 Å². The molecule has 2 unspecified atom stereocenters. The van der Waals surface area contributed by atoms with Crippen LogP contribution < -0.4 is 11.1 Å². The van der Waals surface area contributed by atoms with E-state index in [1.807, 2.05) is 0 Å². The highest BCUT2D eigenvalue weighted by Crippen LogP contribution is 2.47. The van der Waals surface area contributed by atoms with E-state index in [2.05, 4.69) is 12.2 Å². The normalized spacial score (nSPS) is 31.4. The maximum atomic E-state index is 11.8. The number of ether oxygens (including phenoxy) is 1. The number of amides is 1. The highest BCUT2D eigenvalue weighted by atomic mass is 16.5. The second-order valence-corrected chi connectivity index (χ2v) is 5.13. The molecular formula is C12H22N2O2. The lowest BCUT2D eigenvalue weighted by atomic mass is 10.0. The molecule has 3 N–H and O–H groups in total. The van der Waals surface area contributed by atoms with Crippen LogP contribution in [0.1, 0.15) is 39.0 Å². The van der Waals surface area contributed by atoms with Gasteiger partial charge in [0.15, 0.2) is 0 Å². The van der Waals surface area contributed by atoms with E-state index in [9.17, 15) is 4.79 Å². The molecule has 0 radical (unpaired) electrons. The summed E-state index contributed by atoms with van der Waals surface area (Å²) in [6.07, 6.45) is 5.20. The third kappa shape index (κ3) is 2.55. The molecule has 1 aliphatic carbocycles. The van der Waals surface area contributed by atoms with Crippen molar-refractivity contribution < 1.29 is 9.53 Å². The summed E-state index contributed by atoms with van der Waals surface area (Å²) in [6, 6.07) is 0. The van der Waals surface area contributed by atoms with Gasteiger partial charge in [-0.1, -0.05) is 6.92 Å². The number of nitrogens with one attached hydrogen (secondary N) is 1. The number of carbonyl (C=O) groups is 1. The molecule has 2 fully saturated rings. The predicted molar refractivity (Wildman–Crippen MR) is 61.9 cm³/mol. The van der Waals surface area contributed by atoms with E-state index >= 15 is 0 Å². The monoisotopic (exact) mass is 226 g/mol. The molecule has 0 aromatic rings. The van der Waals surface area contributed by atoms with Gasteiger partial charge in [-0.15, -0.1) is 0 Å². The molecule has 1 amide bonds. The molecule has 0 aromatic heterocycles. The standard InChI is InChI=1S/C12H22N2O2/c1-2-12(5-6-12)8-14-11(15)10-4-3-9(7-13)16-10/h9-10H,2-8,13H2,1H3,(H,14,15). The first-order valence-corrected chi connectivity index (χ1v) is 6.32. The van der Waals surface area contributed by atoms with Crippen molar-refractivity contribution in [2.75, 3.05) is 13.1 Å².